The number of piperidine rings is 1. The van der Waals surface area contributed by atoms with Crippen molar-refractivity contribution in [2.45, 2.75) is 37.8 Å². The molecule has 2 fully saturated rings. The van der Waals surface area contributed by atoms with Crippen LogP contribution in [0.1, 0.15) is 31.7 Å². The maximum absolute atomic E-state index is 12.4. The molecule has 2 aromatic rings. The van der Waals surface area contributed by atoms with Crippen molar-refractivity contribution in [1.82, 2.24) is 14.5 Å². The number of hydrogen-bond donors (Lipinski definition) is 1. The zero-order valence-corrected chi connectivity index (χ0v) is 14.7. The van der Waals surface area contributed by atoms with Crippen LogP contribution in [0.25, 0.3) is 11.0 Å². The Morgan fingerprint density at radius 2 is 1.83 bits per heavy atom. The molecule has 0 spiro atoms. The lowest BCUT2D eigenvalue weighted by Crippen LogP contribution is -2.45. The number of aromatic amines is 1. The maximum atomic E-state index is 12.4. The quantitative estimate of drug-likeness (QED) is 0.872. The second-order valence-corrected chi connectivity index (χ2v) is 7.49. The molecule has 1 N–H and O–H groups in total. The van der Waals surface area contributed by atoms with Crippen molar-refractivity contribution in [3.05, 3.63) is 33.2 Å². The van der Waals surface area contributed by atoms with E-state index in [0.29, 0.717) is 12.1 Å². The van der Waals surface area contributed by atoms with Gasteiger partial charge in [-0.25, -0.2) is 4.79 Å². The summed E-state index contributed by atoms with van der Waals surface area (Å²) in [6.45, 7) is 3.92. The number of imidazole rings is 1. The zero-order chi connectivity index (χ0) is 15.8. The van der Waals surface area contributed by atoms with Crippen LogP contribution in [-0.4, -0.2) is 46.8 Å². The predicted octanol–water partition coefficient (Wildman–Crippen LogP) is 2.91. The minimum absolute atomic E-state index is 0.0163. The van der Waals surface area contributed by atoms with Crippen LogP contribution in [0.3, 0.4) is 0 Å². The second-order valence-electron chi connectivity index (χ2n) is 6.57. The van der Waals surface area contributed by atoms with E-state index in [9.17, 15) is 4.79 Å². The van der Waals surface area contributed by atoms with Gasteiger partial charge in [-0.1, -0.05) is 15.9 Å². The number of nitrogens with zero attached hydrogens (tertiary/aromatic N) is 2. The Morgan fingerprint density at radius 3 is 2.57 bits per heavy atom. The van der Waals surface area contributed by atoms with Crippen LogP contribution in [0.5, 0.6) is 0 Å². The van der Waals surface area contributed by atoms with E-state index in [1.165, 1.54) is 0 Å². The molecule has 1 aromatic carbocycles. The molecular formula is C17H22BrN3O2. The number of aromatic nitrogens is 2. The van der Waals surface area contributed by atoms with Gasteiger partial charge in [0.05, 0.1) is 11.0 Å². The minimum Gasteiger partial charge on any atom is -0.381 e. The fourth-order valence-electron chi connectivity index (χ4n) is 4.02. The number of hydrogen-bond acceptors (Lipinski definition) is 3. The molecule has 2 aliphatic heterocycles. The summed E-state index contributed by atoms with van der Waals surface area (Å²) in [5.41, 5.74) is 1.95. The van der Waals surface area contributed by atoms with Gasteiger partial charge in [-0.2, -0.15) is 0 Å². The SMILES string of the molecule is O=c1[nH]c2ccc(Br)cc2n1C1CCN(C2CCOCC2)CC1. The van der Waals surface area contributed by atoms with Crippen LogP contribution in [0.2, 0.25) is 0 Å². The van der Waals surface area contributed by atoms with Crippen molar-refractivity contribution in [2.75, 3.05) is 26.3 Å². The smallest absolute Gasteiger partial charge is 0.326 e. The van der Waals surface area contributed by atoms with Crippen molar-refractivity contribution in [3.8, 4) is 0 Å². The topological polar surface area (TPSA) is 50.3 Å². The van der Waals surface area contributed by atoms with E-state index in [4.69, 9.17) is 4.74 Å². The molecule has 0 atom stereocenters. The van der Waals surface area contributed by atoms with Crippen LogP contribution in [0.15, 0.2) is 27.5 Å². The number of H-pyrrole nitrogens is 1. The third kappa shape index (κ3) is 2.99. The summed E-state index contributed by atoms with van der Waals surface area (Å²) < 4.78 is 8.44. The molecule has 0 aliphatic carbocycles. The average Bonchev–Trinajstić information content (AvgIpc) is 2.91. The van der Waals surface area contributed by atoms with Crippen molar-refractivity contribution in [2.24, 2.45) is 0 Å². The molecule has 5 nitrogen and oxygen atoms in total. The first kappa shape index (κ1) is 15.4. The third-order valence-corrected chi connectivity index (χ3v) is 5.74. The fraction of sp³-hybridized carbons (Fsp3) is 0.588. The summed E-state index contributed by atoms with van der Waals surface area (Å²) >= 11 is 3.51. The molecule has 124 valence electrons. The number of fused-ring (bicyclic) bond motifs is 1. The normalized spacial score (nSPS) is 22.0. The molecule has 1 aromatic heterocycles. The summed E-state index contributed by atoms with van der Waals surface area (Å²) in [4.78, 5) is 18.0. The highest BCUT2D eigenvalue weighted by atomic mass is 79.9. The Kier molecular flexibility index (Phi) is 4.30. The van der Waals surface area contributed by atoms with Gasteiger partial charge < -0.3 is 14.6 Å². The Balaban J connectivity index is 1.53. The lowest BCUT2D eigenvalue weighted by Gasteiger charge is -2.39. The van der Waals surface area contributed by atoms with Gasteiger partial charge in [0.1, 0.15) is 0 Å². The van der Waals surface area contributed by atoms with Crippen molar-refractivity contribution < 1.29 is 4.74 Å². The molecule has 0 amide bonds. The summed E-state index contributed by atoms with van der Waals surface area (Å²) in [6, 6.07) is 6.93. The van der Waals surface area contributed by atoms with E-state index in [0.717, 1.165) is 67.5 Å². The molecule has 2 aliphatic rings. The number of ether oxygens (including phenoxy) is 1. The van der Waals surface area contributed by atoms with Crippen molar-refractivity contribution in [3.63, 3.8) is 0 Å². The van der Waals surface area contributed by atoms with E-state index < -0.39 is 0 Å². The predicted molar refractivity (Wildman–Crippen MR) is 93.9 cm³/mol. The number of halogens is 1. The highest BCUT2D eigenvalue weighted by molar-refractivity contribution is 9.10. The zero-order valence-electron chi connectivity index (χ0n) is 13.1. The number of rotatable bonds is 2. The van der Waals surface area contributed by atoms with Gasteiger partial charge in [0.25, 0.3) is 0 Å². The van der Waals surface area contributed by atoms with Gasteiger partial charge in [-0.3, -0.25) is 4.57 Å². The van der Waals surface area contributed by atoms with Crippen LogP contribution in [0, 0.1) is 0 Å². The monoisotopic (exact) mass is 379 g/mol. The summed E-state index contributed by atoms with van der Waals surface area (Å²) in [7, 11) is 0. The van der Waals surface area contributed by atoms with Gasteiger partial charge in [-0.05, 0) is 43.9 Å². The lowest BCUT2D eigenvalue weighted by atomic mass is 9.99. The van der Waals surface area contributed by atoms with E-state index in [-0.39, 0.29) is 5.69 Å². The highest BCUT2D eigenvalue weighted by Gasteiger charge is 2.28. The van der Waals surface area contributed by atoms with Crippen LogP contribution < -0.4 is 5.69 Å². The molecule has 0 unspecified atom stereocenters. The summed E-state index contributed by atoms with van der Waals surface area (Å²) in [5.74, 6) is 0. The molecule has 3 heterocycles. The van der Waals surface area contributed by atoms with E-state index in [1.807, 2.05) is 22.8 Å². The molecule has 23 heavy (non-hydrogen) atoms. The molecule has 4 rings (SSSR count). The van der Waals surface area contributed by atoms with Crippen LogP contribution in [0.4, 0.5) is 0 Å². The van der Waals surface area contributed by atoms with Gasteiger partial charge in [0.15, 0.2) is 0 Å². The summed E-state index contributed by atoms with van der Waals surface area (Å²) in [5, 5.41) is 0. The van der Waals surface area contributed by atoms with Gasteiger partial charge in [-0.15, -0.1) is 0 Å². The van der Waals surface area contributed by atoms with Gasteiger partial charge in [0, 0.05) is 42.9 Å². The number of benzene rings is 1. The maximum Gasteiger partial charge on any atom is 0.326 e. The van der Waals surface area contributed by atoms with Crippen LogP contribution >= 0.6 is 15.9 Å². The fourth-order valence-corrected chi connectivity index (χ4v) is 4.37. The first-order chi connectivity index (χ1) is 11.2. The molecule has 0 bridgehead atoms. The molecular weight excluding hydrogens is 358 g/mol. The third-order valence-electron chi connectivity index (χ3n) is 5.25. The molecule has 6 heteroatoms. The molecule has 0 radical (unpaired) electrons. The lowest BCUT2D eigenvalue weighted by molar-refractivity contribution is 0.0220. The Labute approximate surface area is 143 Å². The first-order valence-corrected chi connectivity index (χ1v) is 9.23. The average molecular weight is 380 g/mol. The van der Waals surface area contributed by atoms with E-state index in [1.54, 1.807) is 0 Å². The second kappa shape index (κ2) is 6.42. The first-order valence-electron chi connectivity index (χ1n) is 8.44. The minimum atomic E-state index is 0.0163. The van der Waals surface area contributed by atoms with Gasteiger partial charge in [0.2, 0.25) is 0 Å². The molecule has 2 saturated heterocycles. The Hall–Kier alpha value is -1.11. The molecule has 0 saturated carbocycles. The van der Waals surface area contributed by atoms with Gasteiger partial charge >= 0.3 is 5.69 Å². The highest BCUT2D eigenvalue weighted by Crippen LogP contribution is 2.28. The largest absolute Gasteiger partial charge is 0.381 e. The summed E-state index contributed by atoms with van der Waals surface area (Å²) in [6.07, 6.45) is 4.36. The van der Waals surface area contributed by atoms with Crippen LogP contribution in [-0.2, 0) is 4.74 Å². The van der Waals surface area contributed by atoms with Crippen molar-refractivity contribution in [1.29, 1.82) is 0 Å². The Morgan fingerprint density at radius 1 is 1.09 bits per heavy atom. The van der Waals surface area contributed by atoms with E-state index in [2.05, 4.69) is 25.8 Å². The number of likely N-dealkylation sites (tertiary alicyclic amines) is 1. The Bertz CT molecular complexity index is 740. The van der Waals surface area contributed by atoms with Crippen molar-refractivity contribution >= 4 is 27.0 Å². The standard InChI is InChI=1S/C17H22BrN3O2/c18-12-1-2-15-16(11-12)21(17(22)19-15)14-3-7-20(8-4-14)13-5-9-23-10-6-13/h1-2,11,13-14H,3-10H2,(H,19,22). The number of nitrogens with one attached hydrogen (secondary N) is 1. The van der Waals surface area contributed by atoms with E-state index >= 15 is 0 Å².